The van der Waals surface area contributed by atoms with Crippen molar-refractivity contribution >= 4 is 12.3 Å². The number of hydrogen-bond acceptors (Lipinski definition) is 4. The first-order valence-corrected chi connectivity index (χ1v) is 6.60. The average molecular weight is 264 g/mol. The molecule has 4 nitrogen and oxygen atoms in total. The number of para-hydroxylation sites is 1. The molecule has 0 aliphatic heterocycles. The van der Waals surface area contributed by atoms with Crippen molar-refractivity contribution in [2.75, 3.05) is 6.61 Å². The first-order valence-electron chi connectivity index (χ1n) is 6.60. The maximum atomic E-state index is 11.8. The van der Waals surface area contributed by atoms with Crippen LogP contribution in [0.1, 0.15) is 43.5 Å². The molecule has 0 aliphatic rings. The molecule has 0 aliphatic carbocycles. The maximum Gasteiger partial charge on any atom is 0.347 e. The van der Waals surface area contributed by atoms with Gasteiger partial charge in [-0.1, -0.05) is 25.5 Å². The zero-order valence-corrected chi connectivity index (χ0v) is 11.4. The normalized spacial score (nSPS) is 11.7. The molecule has 1 rings (SSSR count). The molecule has 0 saturated carbocycles. The number of unbranched alkanes of at least 4 members (excludes halogenated alkanes) is 1. The van der Waals surface area contributed by atoms with E-state index in [4.69, 9.17) is 9.47 Å². The van der Waals surface area contributed by atoms with Crippen molar-refractivity contribution in [1.29, 1.82) is 0 Å². The van der Waals surface area contributed by atoms with E-state index in [-0.39, 0.29) is 5.97 Å². The summed E-state index contributed by atoms with van der Waals surface area (Å²) in [6, 6.07) is 6.86. The van der Waals surface area contributed by atoms with Crippen LogP contribution in [0.15, 0.2) is 24.3 Å². The SMILES string of the molecule is CCCCC(Oc1ccccc1C=O)C(=O)OCC. The second-order valence-corrected chi connectivity index (χ2v) is 4.16. The molecule has 0 heterocycles. The molecule has 0 bridgehead atoms. The smallest absolute Gasteiger partial charge is 0.347 e. The Bertz CT molecular complexity index is 414. The fourth-order valence-electron chi connectivity index (χ4n) is 1.69. The first-order chi connectivity index (χ1) is 9.22. The summed E-state index contributed by atoms with van der Waals surface area (Å²) in [5.41, 5.74) is 0.438. The van der Waals surface area contributed by atoms with Gasteiger partial charge in [0.1, 0.15) is 5.75 Å². The van der Waals surface area contributed by atoms with E-state index >= 15 is 0 Å². The largest absolute Gasteiger partial charge is 0.478 e. The molecule has 0 saturated heterocycles. The van der Waals surface area contributed by atoms with Crippen LogP contribution in [0.25, 0.3) is 0 Å². The Morgan fingerprint density at radius 1 is 1.32 bits per heavy atom. The van der Waals surface area contributed by atoms with E-state index in [2.05, 4.69) is 0 Å². The van der Waals surface area contributed by atoms with Crippen molar-refractivity contribution in [3.63, 3.8) is 0 Å². The van der Waals surface area contributed by atoms with Gasteiger partial charge in [0.05, 0.1) is 12.2 Å². The Kier molecular flexibility index (Phi) is 6.64. The monoisotopic (exact) mass is 264 g/mol. The van der Waals surface area contributed by atoms with Crippen LogP contribution >= 0.6 is 0 Å². The van der Waals surface area contributed by atoms with E-state index in [0.29, 0.717) is 24.3 Å². The van der Waals surface area contributed by atoms with Crippen molar-refractivity contribution in [2.24, 2.45) is 0 Å². The summed E-state index contributed by atoms with van der Waals surface area (Å²) in [5, 5.41) is 0. The standard InChI is InChI=1S/C15H20O4/c1-3-5-9-14(15(17)18-4-2)19-13-10-7-6-8-12(13)11-16/h6-8,10-11,14H,3-5,9H2,1-2H3. The minimum atomic E-state index is -0.652. The van der Waals surface area contributed by atoms with Crippen LogP contribution in [0, 0.1) is 0 Å². The molecule has 1 aromatic rings. The number of esters is 1. The zero-order valence-electron chi connectivity index (χ0n) is 11.4. The third-order valence-electron chi connectivity index (χ3n) is 2.68. The summed E-state index contributed by atoms with van der Waals surface area (Å²) in [6.45, 7) is 4.12. The number of carbonyl (C=O) groups excluding carboxylic acids is 2. The third kappa shape index (κ3) is 4.73. The molecule has 0 radical (unpaired) electrons. The van der Waals surface area contributed by atoms with E-state index < -0.39 is 6.10 Å². The minimum absolute atomic E-state index is 0.320. The summed E-state index contributed by atoms with van der Waals surface area (Å²) in [6.07, 6.45) is 2.49. The molecular weight excluding hydrogens is 244 g/mol. The molecule has 1 unspecified atom stereocenters. The lowest BCUT2D eigenvalue weighted by Crippen LogP contribution is -2.29. The van der Waals surface area contributed by atoms with Gasteiger partial charge < -0.3 is 9.47 Å². The molecule has 0 spiro atoms. The Morgan fingerprint density at radius 3 is 2.68 bits per heavy atom. The van der Waals surface area contributed by atoms with Crippen molar-refractivity contribution in [1.82, 2.24) is 0 Å². The first kappa shape index (κ1) is 15.2. The van der Waals surface area contributed by atoms with Crippen molar-refractivity contribution < 1.29 is 19.1 Å². The fourth-order valence-corrected chi connectivity index (χ4v) is 1.69. The van der Waals surface area contributed by atoms with Crippen molar-refractivity contribution in [2.45, 2.75) is 39.2 Å². The van der Waals surface area contributed by atoms with E-state index in [1.54, 1.807) is 31.2 Å². The number of ether oxygens (including phenoxy) is 2. The van der Waals surface area contributed by atoms with Gasteiger partial charge in [0, 0.05) is 0 Å². The predicted octanol–water partition coefficient (Wildman–Crippen LogP) is 3.00. The lowest BCUT2D eigenvalue weighted by atomic mass is 10.1. The van der Waals surface area contributed by atoms with Crippen LogP contribution in [0.5, 0.6) is 5.75 Å². The van der Waals surface area contributed by atoms with E-state index in [9.17, 15) is 9.59 Å². The number of hydrogen-bond donors (Lipinski definition) is 0. The van der Waals surface area contributed by atoms with Gasteiger partial charge in [0.15, 0.2) is 12.4 Å². The summed E-state index contributed by atoms with van der Waals surface area (Å²) < 4.78 is 10.6. The number of carbonyl (C=O) groups is 2. The quantitative estimate of drug-likeness (QED) is 0.535. The molecular formula is C15H20O4. The Labute approximate surface area is 113 Å². The van der Waals surface area contributed by atoms with Gasteiger partial charge in [0.25, 0.3) is 0 Å². The van der Waals surface area contributed by atoms with E-state index in [1.807, 2.05) is 6.92 Å². The zero-order chi connectivity index (χ0) is 14.1. The van der Waals surface area contributed by atoms with Gasteiger partial charge in [0.2, 0.25) is 0 Å². The second kappa shape index (κ2) is 8.29. The fraction of sp³-hybridized carbons (Fsp3) is 0.467. The predicted molar refractivity (Wildman–Crippen MR) is 72.4 cm³/mol. The molecule has 0 fully saturated rings. The van der Waals surface area contributed by atoms with Crippen LogP contribution in [-0.4, -0.2) is 25.0 Å². The highest BCUT2D eigenvalue weighted by molar-refractivity contribution is 5.80. The van der Waals surface area contributed by atoms with E-state index in [1.165, 1.54) is 0 Å². The summed E-state index contributed by atoms with van der Waals surface area (Å²) >= 11 is 0. The van der Waals surface area contributed by atoms with Gasteiger partial charge in [-0.3, -0.25) is 4.79 Å². The minimum Gasteiger partial charge on any atom is -0.478 e. The molecule has 19 heavy (non-hydrogen) atoms. The lowest BCUT2D eigenvalue weighted by Gasteiger charge is -2.18. The molecule has 104 valence electrons. The highest BCUT2D eigenvalue weighted by Gasteiger charge is 2.22. The number of aldehydes is 1. The van der Waals surface area contributed by atoms with Gasteiger partial charge >= 0.3 is 5.97 Å². The van der Waals surface area contributed by atoms with Gasteiger partial charge in [-0.25, -0.2) is 4.79 Å². The average Bonchev–Trinajstić information content (AvgIpc) is 2.44. The highest BCUT2D eigenvalue weighted by atomic mass is 16.6. The molecule has 1 atom stereocenters. The summed E-state index contributed by atoms with van der Waals surface area (Å²) in [7, 11) is 0. The summed E-state index contributed by atoms with van der Waals surface area (Å²) in [5.74, 6) is 0.0447. The number of rotatable bonds is 8. The highest BCUT2D eigenvalue weighted by Crippen LogP contribution is 2.19. The van der Waals surface area contributed by atoms with E-state index in [0.717, 1.165) is 19.1 Å². The van der Waals surface area contributed by atoms with Crippen molar-refractivity contribution in [3.05, 3.63) is 29.8 Å². The van der Waals surface area contributed by atoms with Crippen LogP contribution in [-0.2, 0) is 9.53 Å². The number of benzene rings is 1. The van der Waals surface area contributed by atoms with Crippen molar-refractivity contribution in [3.8, 4) is 5.75 Å². The van der Waals surface area contributed by atoms with Crippen LogP contribution in [0.3, 0.4) is 0 Å². The second-order valence-electron chi connectivity index (χ2n) is 4.16. The third-order valence-corrected chi connectivity index (χ3v) is 2.68. The molecule has 4 heteroatoms. The van der Waals surface area contributed by atoms with Gasteiger partial charge in [-0.2, -0.15) is 0 Å². The van der Waals surface area contributed by atoms with Crippen LogP contribution in [0.2, 0.25) is 0 Å². The Hall–Kier alpha value is -1.84. The molecule has 0 aromatic heterocycles. The Morgan fingerprint density at radius 2 is 2.05 bits per heavy atom. The lowest BCUT2D eigenvalue weighted by molar-refractivity contribution is -0.151. The summed E-state index contributed by atoms with van der Waals surface area (Å²) in [4.78, 5) is 22.7. The molecule has 0 amide bonds. The molecule has 1 aromatic carbocycles. The van der Waals surface area contributed by atoms with Gasteiger partial charge in [-0.15, -0.1) is 0 Å². The molecule has 0 N–H and O–H groups in total. The van der Waals surface area contributed by atoms with Crippen LogP contribution in [0.4, 0.5) is 0 Å². The van der Waals surface area contributed by atoms with Crippen LogP contribution < -0.4 is 4.74 Å². The topological polar surface area (TPSA) is 52.6 Å². The Balaban J connectivity index is 2.80. The maximum absolute atomic E-state index is 11.8. The van der Waals surface area contributed by atoms with Gasteiger partial charge in [-0.05, 0) is 31.9 Å².